The van der Waals surface area contributed by atoms with Gasteiger partial charge in [0, 0.05) is 25.2 Å². The van der Waals surface area contributed by atoms with Gasteiger partial charge in [0.2, 0.25) is 0 Å². The molecule has 1 heterocycles. The average molecular weight is 359 g/mol. The maximum absolute atomic E-state index is 14.2. The fourth-order valence-corrected chi connectivity index (χ4v) is 2.81. The quantitative estimate of drug-likeness (QED) is 0.822. The first-order valence-corrected chi connectivity index (χ1v) is 7.30. The molecule has 1 fully saturated rings. The minimum atomic E-state index is -4.89. The minimum absolute atomic E-state index is 0.0439. The minimum Gasteiger partial charge on any atom is -0.385 e. The van der Waals surface area contributed by atoms with Gasteiger partial charge < -0.3 is 10.0 Å². The average Bonchev–Trinajstić information content (AvgIpc) is 2.44. The fraction of sp³-hybridized carbons (Fsp3) is 0.600. The third-order valence-electron chi connectivity index (χ3n) is 4.20. The van der Waals surface area contributed by atoms with E-state index in [4.69, 9.17) is 0 Å². The van der Waals surface area contributed by atoms with Crippen LogP contribution in [0.4, 0.5) is 30.7 Å². The first-order valence-electron chi connectivity index (χ1n) is 7.30. The predicted molar refractivity (Wildman–Crippen MR) is 71.6 cm³/mol. The number of rotatable bonds is 3. The zero-order valence-corrected chi connectivity index (χ0v) is 12.5. The van der Waals surface area contributed by atoms with Crippen LogP contribution in [0.15, 0.2) is 18.2 Å². The van der Waals surface area contributed by atoms with Crippen molar-refractivity contribution < 1.29 is 35.8 Å². The standard InChI is InChI=1S/C15H16F7NO/c16-12-10(2-1-3-11(12)15(20,21)22)13(24)4-7-23(8-5-13)9-6-14(17,18)19/h1-3,24H,4-9H2. The predicted octanol–water partition coefficient (Wildman–Crippen LogP) is 4.08. The number of piperidine rings is 1. The van der Waals surface area contributed by atoms with Crippen molar-refractivity contribution in [2.75, 3.05) is 19.6 Å². The van der Waals surface area contributed by atoms with Crippen LogP contribution in [0, 0.1) is 5.82 Å². The second-order valence-corrected chi connectivity index (χ2v) is 5.90. The third-order valence-corrected chi connectivity index (χ3v) is 4.20. The number of likely N-dealkylation sites (tertiary alicyclic amines) is 1. The Morgan fingerprint density at radius 3 is 2.12 bits per heavy atom. The van der Waals surface area contributed by atoms with Crippen molar-refractivity contribution in [2.45, 2.75) is 37.2 Å². The summed E-state index contributed by atoms with van der Waals surface area (Å²) in [5.41, 5.74) is -3.75. The molecule has 0 amide bonds. The maximum Gasteiger partial charge on any atom is 0.419 e. The Morgan fingerprint density at radius 1 is 1.04 bits per heavy atom. The lowest BCUT2D eigenvalue weighted by atomic mass is 9.83. The van der Waals surface area contributed by atoms with Crippen LogP contribution in [0.25, 0.3) is 0 Å². The zero-order chi connectivity index (χ0) is 18.2. The highest BCUT2D eigenvalue weighted by molar-refractivity contribution is 5.32. The van der Waals surface area contributed by atoms with Gasteiger partial charge in [-0.3, -0.25) is 0 Å². The number of alkyl halides is 6. The van der Waals surface area contributed by atoms with Crippen LogP contribution in [-0.2, 0) is 11.8 Å². The number of aliphatic hydroxyl groups is 1. The summed E-state index contributed by atoms with van der Waals surface area (Å²) in [5.74, 6) is -1.53. The van der Waals surface area contributed by atoms with Crippen LogP contribution < -0.4 is 0 Å². The van der Waals surface area contributed by atoms with Crippen molar-refractivity contribution in [3.05, 3.63) is 35.1 Å². The molecule has 24 heavy (non-hydrogen) atoms. The molecule has 1 aromatic carbocycles. The lowest BCUT2D eigenvalue weighted by Gasteiger charge is -2.39. The molecule has 0 aromatic heterocycles. The molecule has 0 bridgehead atoms. The van der Waals surface area contributed by atoms with E-state index in [-0.39, 0.29) is 32.5 Å². The van der Waals surface area contributed by atoms with Gasteiger partial charge in [-0.15, -0.1) is 0 Å². The van der Waals surface area contributed by atoms with Crippen molar-refractivity contribution in [1.82, 2.24) is 4.90 Å². The van der Waals surface area contributed by atoms with Crippen LogP contribution >= 0.6 is 0 Å². The molecule has 0 unspecified atom stereocenters. The number of benzene rings is 1. The summed E-state index contributed by atoms with van der Waals surface area (Å²) >= 11 is 0. The summed E-state index contributed by atoms with van der Waals surface area (Å²) in [4.78, 5) is 1.45. The third kappa shape index (κ3) is 4.38. The second kappa shape index (κ2) is 6.51. The summed E-state index contributed by atoms with van der Waals surface area (Å²) in [6.07, 6.45) is -10.5. The summed E-state index contributed by atoms with van der Waals surface area (Å²) in [7, 11) is 0. The summed E-state index contributed by atoms with van der Waals surface area (Å²) < 4.78 is 89.0. The normalized spacial score (nSPS) is 19.5. The molecule has 0 aliphatic carbocycles. The Balaban J connectivity index is 2.11. The Hall–Kier alpha value is -1.35. The lowest BCUT2D eigenvalue weighted by Crippen LogP contribution is -2.44. The zero-order valence-electron chi connectivity index (χ0n) is 12.5. The highest BCUT2D eigenvalue weighted by Gasteiger charge is 2.41. The van der Waals surface area contributed by atoms with Crippen molar-refractivity contribution in [3.63, 3.8) is 0 Å². The van der Waals surface area contributed by atoms with Gasteiger partial charge in [0.05, 0.1) is 17.6 Å². The molecule has 1 aliphatic rings. The number of nitrogens with zero attached hydrogens (tertiary/aromatic N) is 1. The molecule has 1 aliphatic heterocycles. The molecule has 0 saturated carbocycles. The summed E-state index contributed by atoms with van der Waals surface area (Å²) in [6, 6.07) is 2.67. The Morgan fingerprint density at radius 2 is 1.62 bits per heavy atom. The van der Waals surface area contributed by atoms with Gasteiger partial charge in [0.25, 0.3) is 0 Å². The monoisotopic (exact) mass is 359 g/mol. The van der Waals surface area contributed by atoms with Gasteiger partial charge in [0.15, 0.2) is 0 Å². The van der Waals surface area contributed by atoms with Crippen molar-refractivity contribution >= 4 is 0 Å². The fourth-order valence-electron chi connectivity index (χ4n) is 2.81. The van der Waals surface area contributed by atoms with E-state index in [0.29, 0.717) is 6.07 Å². The Kier molecular flexibility index (Phi) is 5.15. The SMILES string of the molecule is OC1(c2cccc(C(F)(F)F)c2F)CCN(CCC(F)(F)F)CC1. The van der Waals surface area contributed by atoms with E-state index >= 15 is 0 Å². The first-order chi connectivity index (χ1) is 10.9. The van der Waals surface area contributed by atoms with Gasteiger partial charge in [-0.25, -0.2) is 4.39 Å². The van der Waals surface area contributed by atoms with Crippen LogP contribution in [0.1, 0.15) is 30.4 Å². The first kappa shape index (κ1) is 19.0. The van der Waals surface area contributed by atoms with Crippen LogP contribution in [0.5, 0.6) is 0 Å². The maximum atomic E-state index is 14.2. The topological polar surface area (TPSA) is 23.5 Å². The molecule has 2 rings (SSSR count). The second-order valence-electron chi connectivity index (χ2n) is 5.90. The van der Waals surface area contributed by atoms with Crippen molar-refractivity contribution in [3.8, 4) is 0 Å². The molecule has 1 aromatic rings. The molecule has 1 saturated heterocycles. The van der Waals surface area contributed by atoms with Gasteiger partial charge in [0.1, 0.15) is 5.82 Å². The van der Waals surface area contributed by atoms with E-state index in [0.717, 1.165) is 12.1 Å². The molecule has 0 atom stereocenters. The van der Waals surface area contributed by atoms with Gasteiger partial charge in [-0.2, -0.15) is 26.3 Å². The lowest BCUT2D eigenvalue weighted by molar-refractivity contribution is -0.140. The summed E-state index contributed by atoms with van der Waals surface area (Å²) in [5, 5.41) is 10.5. The Bertz CT molecular complexity index is 574. The highest BCUT2D eigenvalue weighted by Crippen LogP contribution is 2.39. The summed E-state index contributed by atoms with van der Waals surface area (Å²) in [6.45, 7) is -0.171. The van der Waals surface area contributed by atoms with Gasteiger partial charge >= 0.3 is 12.4 Å². The van der Waals surface area contributed by atoms with E-state index in [1.165, 1.54) is 4.90 Å². The molecular weight excluding hydrogens is 343 g/mol. The largest absolute Gasteiger partial charge is 0.419 e. The van der Waals surface area contributed by atoms with Crippen LogP contribution in [0.3, 0.4) is 0 Å². The highest BCUT2D eigenvalue weighted by atomic mass is 19.4. The Labute approximate surface area is 133 Å². The van der Waals surface area contributed by atoms with Gasteiger partial charge in [-0.05, 0) is 18.9 Å². The molecular formula is C15H16F7NO. The van der Waals surface area contributed by atoms with Crippen molar-refractivity contribution in [2.24, 2.45) is 0 Å². The smallest absolute Gasteiger partial charge is 0.385 e. The van der Waals surface area contributed by atoms with E-state index in [2.05, 4.69) is 0 Å². The van der Waals surface area contributed by atoms with Crippen molar-refractivity contribution in [1.29, 1.82) is 0 Å². The van der Waals surface area contributed by atoms with E-state index < -0.39 is 41.3 Å². The number of hydrogen-bond donors (Lipinski definition) is 1. The van der Waals surface area contributed by atoms with E-state index in [1.807, 2.05) is 0 Å². The van der Waals surface area contributed by atoms with Gasteiger partial charge in [-0.1, -0.05) is 12.1 Å². The molecule has 0 radical (unpaired) electrons. The number of halogens is 7. The van der Waals surface area contributed by atoms with Crippen LogP contribution in [-0.4, -0.2) is 35.8 Å². The molecule has 9 heteroatoms. The molecule has 1 N–H and O–H groups in total. The molecule has 0 spiro atoms. The molecule has 136 valence electrons. The molecule has 2 nitrogen and oxygen atoms in total. The van der Waals surface area contributed by atoms with Crippen LogP contribution in [0.2, 0.25) is 0 Å². The number of hydrogen-bond acceptors (Lipinski definition) is 2. The van der Waals surface area contributed by atoms with E-state index in [1.54, 1.807) is 0 Å². The van der Waals surface area contributed by atoms with E-state index in [9.17, 15) is 35.8 Å².